The number of imidazole rings is 1. The number of pyridine rings is 1. The Balaban J connectivity index is 0.00000300. The number of aliphatic hydroxyl groups excluding tert-OH is 1. The zero-order chi connectivity index (χ0) is 20.6. The second kappa shape index (κ2) is 8.77. The largest absolute Gasteiger partial charge is 0.480 e. The van der Waals surface area contributed by atoms with Crippen molar-refractivity contribution in [3.05, 3.63) is 51.9 Å². The quantitative estimate of drug-likeness (QED) is 0.558. The highest BCUT2D eigenvalue weighted by Gasteiger charge is 2.22. The lowest BCUT2D eigenvalue weighted by atomic mass is 10.1. The van der Waals surface area contributed by atoms with E-state index in [1.54, 1.807) is 24.7 Å². The number of aliphatic carboxylic acids is 1. The third kappa shape index (κ3) is 4.50. The first-order valence-corrected chi connectivity index (χ1v) is 8.96. The van der Waals surface area contributed by atoms with Gasteiger partial charge in [0.1, 0.15) is 11.9 Å². The molecule has 29 heavy (non-hydrogen) atoms. The Bertz CT molecular complexity index is 1080. The minimum Gasteiger partial charge on any atom is -0.480 e. The first-order valence-electron chi connectivity index (χ1n) is 8.96. The number of aryl methyl sites for hydroxylation is 3. The summed E-state index contributed by atoms with van der Waals surface area (Å²) in [5.41, 5.74) is 4.01. The molecule has 2 aromatic heterocycles. The van der Waals surface area contributed by atoms with Crippen LogP contribution in [-0.2, 0) is 25.4 Å². The number of fused-ring (bicyclic) bond motifs is 1. The number of aromatic nitrogens is 3. The van der Waals surface area contributed by atoms with Gasteiger partial charge in [-0.15, -0.1) is 12.4 Å². The van der Waals surface area contributed by atoms with E-state index in [1.165, 1.54) is 6.92 Å². The first kappa shape index (κ1) is 22.6. The Labute approximate surface area is 174 Å². The van der Waals surface area contributed by atoms with Crippen LogP contribution in [0.3, 0.4) is 0 Å². The molecule has 1 aromatic carbocycles. The van der Waals surface area contributed by atoms with Gasteiger partial charge in [0.05, 0.1) is 17.1 Å². The number of nitrogens with zero attached hydrogens (tertiary/aromatic N) is 3. The van der Waals surface area contributed by atoms with Crippen LogP contribution in [0.25, 0.3) is 22.4 Å². The Morgan fingerprint density at radius 1 is 1.28 bits per heavy atom. The van der Waals surface area contributed by atoms with E-state index < -0.39 is 18.1 Å². The summed E-state index contributed by atoms with van der Waals surface area (Å²) >= 11 is 0. The van der Waals surface area contributed by atoms with E-state index in [0.717, 1.165) is 28.0 Å². The molecule has 8 nitrogen and oxygen atoms in total. The molecule has 0 aliphatic carbocycles. The van der Waals surface area contributed by atoms with Gasteiger partial charge in [-0.25, -0.2) is 4.98 Å². The summed E-state index contributed by atoms with van der Waals surface area (Å²) in [6.45, 7) is 3.51. The van der Waals surface area contributed by atoms with Crippen molar-refractivity contribution in [2.45, 2.75) is 32.5 Å². The Morgan fingerprint density at radius 3 is 2.55 bits per heavy atom. The maximum Gasteiger partial charge on any atom is 0.323 e. The lowest BCUT2D eigenvalue weighted by Crippen LogP contribution is -2.44. The van der Waals surface area contributed by atoms with Gasteiger partial charge >= 0.3 is 5.97 Å². The van der Waals surface area contributed by atoms with E-state index in [9.17, 15) is 14.7 Å². The molecule has 3 N–H and O–H groups in total. The van der Waals surface area contributed by atoms with E-state index in [-0.39, 0.29) is 18.0 Å². The lowest BCUT2D eigenvalue weighted by Gasteiger charge is -2.17. The van der Waals surface area contributed by atoms with Gasteiger partial charge in [0.15, 0.2) is 0 Å². The molecule has 0 saturated carbocycles. The molecule has 3 rings (SSSR count). The van der Waals surface area contributed by atoms with Gasteiger partial charge in [0.2, 0.25) is 0 Å². The summed E-state index contributed by atoms with van der Waals surface area (Å²) in [5, 5.41) is 21.6. The van der Waals surface area contributed by atoms with Crippen molar-refractivity contribution in [1.82, 2.24) is 19.4 Å². The SMILES string of the molecule is Cc1cc(-c2nc3cc(CNC(C(=O)O)C(C)O)ccc3n2C)cn(C)c1=O.Cl. The van der Waals surface area contributed by atoms with Crippen LogP contribution in [0.2, 0.25) is 0 Å². The van der Waals surface area contributed by atoms with Crippen molar-refractivity contribution in [2.24, 2.45) is 14.1 Å². The molecule has 0 aliphatic heterocycles. The molecule has 0 radical (unpaired) electrons. The van der Waals surface area contributed by atoms with Crippen LogP contribution in [0.15, 0.2) is 35.3 Å². The van der Waals surface area contributed by atoms with Crippen LogP contribution in [0, 0.1) is 6.92 Å². The highest BCUT2D eigenvalue weighted by atomic mass is 35.5. The molecule has 0 spiro atoms. The van der Waals surface area contributed by atoms with E-state index in [1.807, 2.05) is 35.9 Å². The van der Waals surface area contributed by atoms with Gasteiger partial charge in [-0.05, 0) is 37.6 Å². The second-order valence-corrected chi connectivity index (χ2v) is 7.08. The number of carbonyl (C=O) groups is 1. The summed E-state index contributed by atoms with van der Waals surface area (Å²) in [5.74, 6) is -0.354. The maximum atomic E-state index is 11.9. The zero-order valence-corrected chi connectivity index (χ0v) is 17.5. The molecule has 0 amide bonds. The van der Waals surface area contributed by atoms with Gasteiger partial charge < -0.3 is 19.3 Å². The molecule has 0 aliphatic rings. The zero-order valence-electron chi connectivity index (χ0n) is 16.7. The summed E-state index contributed by atoms with van der Waals surface area (Å²) in [7, 11) is 3.63. The van der Waals surface area contributed by atoms with Crippen LogP contribution < -0.4 is 10.9 Å². The molecule has 2 unspecified atom stereocenters. The molecule has 0 saturated heterocycles. The van der Waals surface area contributed by atoms with Crippen LogP contribution in [0.4, 0.5) is 0 Å². The number of benzene rings is 1. The number of hydrogen-bond acceptors (Lipinski definition) is 5. The summed E-state index contributed by atoms with van der Waals surface area (Å²) in [6.07, 6.45) is 0.759. The smallest absolute Gasteiger partial charge is 0.323 e. The molecular weight excluding hydrogens is 396 g/mol. The number of carboxylic acids is 1. The molecule has 156 valence electrons. The van der Waals surface area contributed by atoms with Crippen molar-refractivity contribution in [3.8, 4) is 11.4 Å². The number of halogens is 1. The minimum absolute atomic E-state index is 0. The average molecular weight is 421 g/mol. The van der Waals surface area contributed by atoms with Crippen molar-refractivity contribution in [1.29, 1.82) is 0 Å². The average Bonchev–Trinajstić information content (AvgIpc) is 2.95. The van der Waals surface area contributed by atoms with E-state index in [2.05, 4.69) is 5.32 Å². The molecular formula is C20H25ClN4O4. The second-order valence-electron chi connectivity index (χ2n) is 7.08. The van der Waals surface area contributed by atoms with E-state index in [0.29, 0.717) is 12.1 Å². The highest BCUT2D eigenvalue weighted by molar-refractivity contribution is 5.85. The molecule has 2 heterocycles. The van der Waals surface area contributed by atoms with Crippen LogP contribution in [0.5, 0.6) is 0 Å². The number of aliphatic hydroxyl groups is 1. The normalized spacial score (nSPS) is 13.1. The Hall–Kier alpha value is -2.68. The fourth-order valence-corrected chi connectivity index (χ4v) is 3.31. The molecule has 9 heteroatoms. The Kier molecular flexibility index (Phi) is 6.84. The van der Waals surface area contributed by atoms with Crippen molar-refractivity contribution >= 4 is 29.4 Å². The van der Waals surface area contributed by atoms with Gasteiger partial charge in [-0.2, -0.15) is 0 Å². The van der Waals surface area contributed by atoms with Gasteiger partial charge in [0, 0.05) is 38.0 Å². The third-order valence-electron chi connectivity index (χ3n) is 4.84. The summed E-state index contributed by atoms with van der Waals surface area (Å²) in [4.78, 5) is 27.8. The molecule has 2 atom stereocenters. The first-order chi connectivity index (χ1) is 13.2. The number of nitrogens with one attached hydrogen (secondary N) is 1. The highest BCUT2D eigenvalue weighted by Crippen LogP contribution is 2.24. The molecule has 0 bridgehead atoms. The third-order valence-corrected chi connectivity index (χ3v) is 4.84. The van der Waals surface area contributed by atoms with Crippen molar-refractivity contribution < 1.29 is 15.0 Å². The number of rotatable bonds is 6. The Morgan fingerprint density at radius 2 is 1.97 bits per heavy atom. The van der Waals surface area contributed by atoms with Crippen LogP contribution in [-0.4, -0.2) is 42.4 Å². The molecule has 0 fully saturated rings. The summed E-state index contributed by atoms with van der Waals surface area (Å²) in [6, 6.07) is 6.50. The minimum atomic E-state index is -1.10. The van der Waals surface area contributed by atoms with Crippen molar-refractivity contribution in [3.63, 3.8) is 0 Å². The van der Waals surface area contributed by atoms with Gasteiger partial charge in [-0.3, -0.25) is 14.9 Å². The lowest BCUT2D eigenvalue weighted by molar-refractivity contribution is -0.142. The van der Waals surface area contributed by atoms with E-state index >= 15 is 0 Å². The van der Waals surface area contributed by atoms with Crippen molar-refractivity contribution in [2.75, 3.05) is 0 Å². The van der Waals surface area contributed by atoms with Gasteiger partial charge in [-0.1, -0.05) is 6.07 Å². The van der Waals surface area contributed by atoms with E-state index in [4.69, 9.17) is 10.1 Å². The van der Waals surface area contributed by atoms with Crippen LogP contribution in [0.1, 0.15) is 18.1 Å². The fourth-order valence-electron chi connectivity index (χ4n) is 3.31. The topological polar surface area (TPSA) is 109 Å². The van der Waals surface area contributed by atoms with Crippen LogP contribution >= 0.6 is 12.4 Å². The monoisotopic (exact) mass is 420 g/mol. The predicted molar refractivity (Wildman–Crippen MR) is 113 cm³/mol. The van der Waals surface area contributed by atoms with Gasteiger partial charge in [0.25, 0.3) is 5.56 Å². The predicted octanol–water partition coefficient (Wildman–Crippen LogP) is 1.59. The fraction of sp³-hybridized carbons (Fsp3) is 0.350. The summed E-state index contributed by atoms with van der Waals surface area (Å²) < 4.78 is 3.50. The number of hydrogen-bond donors (Lipinski definition) is 3. The number of carboxylic acid groups (broad SMARTS) is 1. The maximum absolute atomic E-state index is 11.9. The standard InChI is InChI=1S/C20H24N4O4.ClH/c1-11-7-14(10-23(3)19(11)26)18-22-15-8-13(5-6-16(15)24(18)4)9-21-17(12(2)25)20(27)28;/h5-8,10,12,17,21,25H,9H2,1-4H3,(H,27,28);1H. The molecule has 3 aromatic rings.